The van der Waals surface area contributed by atoms with Crippen molar-refractivity contribution in [3.8, 4) is 5.75 Å². The molecule has 2 heterocycles. The highest BCUT2D eigenvalue weighted by Gasteiger charge is 2.39. The van der Waals surface area contributed by atoms with Crippen LogP contribution in [-0.4, -0.2) is 75.1 Å². The lowest BCUT2D eigenvalue weighted by Gasteiger charge is -2.37. The van der Waals surface area contributed by atoms with Crippen LogP contribution < -0.4 is 20.9 Å². The number of nitrogens with zero attached hydrogens (tertiary/aromatic N) is 1. The zero-order valence-corrected chi connectivity index (χ0v) is 22.4. The van der Waals surface area contributed by atoms with Crippen LogP contribution in [-0.2, 0) is 21.0 Å². The predicted octanol–water partition coefficient (Wildman–Crippen LogP) is 2.98. The Morgan fingerprint density at radius 1 is 0.953 bits per heavy atom. The number of carboxylic acids is 2. The third kappa shape index (κ3) is 13.4. The van der Waals surface area contributed by atoms with E-state index in [0.29, 0.717) is 43.9 Å². The molecule has 2 aromatic rings. The fourth-order valence-electron chi connectivity index (χ4n) is 3.44. The number of hydrogen-bond donors (Lipinski definition) is 6. The zero-order chi connectivity index (χ0) is 32.8. The van der Waals surface area contributed by atoms with Crippen molar-refractivity contribution in [3.63, 3.8) is 0 Å². The molecule has 18 heteroatoms. The van der Waals surface area contributed by atoms with Crippen LogP contribution in [0.5, 0.6) is 5.75 Å². The Morgan fingerprint density at radius 3 is 1.91 bits per heavy atom. The van der Waals surface area contributed by atoms with Gasteiger partial charge in [0.05, 0.1) is 12.0 Å². The molecule has 2 amide bonds. The highest BCUT2D eigenvalue weighted by Crippen LogP contribution is 2.24. The van der Waals surface area contributed by atoms with Crippen molar-refractivity contribution < 1.29 is 65.7 Å². The van der Waals surface area contributed by atoms with Gasteiger partial charge in [-0.2, -0.15) is 26.3 Å². The van der Waals surface area contributed by atoms with Gasteiger partial charge in [0.25, 0.3) is 5.91 Å². The van der Waals surface area contributed by atoms with E-state index >= 15 is 0 Å². The number of ether oxygens (including phenoxy) is 1. The Kier molecular flexibility index (Phi) is 13.8. The number of piperidine rings is 1. The summed E-state index contributed by atoms with van der Waals surface area (Å²) in [6.07, 6.45) is -7.18. The number of hydrogen-bond acceptors (Lipinski definition) is 8. The number of carbonyl (C=O) groups excluding carboxylic acids is 2. The number of amides is 2. The van der Waals surface area contributed by atoms with Gasteiger partial charge in [-0.15, -0.1) is 0 Å². The number of halogens is 6. The van der Waals surface area contributed by atoms with E-state index < -0.39 is 35.7 Å². The molecule has 12 nitrogen and oxygen atoms in total. The van der Waals surface area contributed by atoms with Gasteiger partial charge >= 0.3 is 24.3 Å². The van der Waals surface area contributed by atoms with E-state index in [2.05, 4.69) is 15.6 Å². The van der Waals surface area contributed by atoms with Crippen LogP contribution in [0, 0.1) is 6.92 Å². The fraction of sp³-hybridized carbons (Fsp3) is 0.400. The highest BCUT2D eigenvalue weighted by molar-refractivity contribution is 5.95. The second-order valence-electron chi connectivity index (χ2n) is 8.86. The van der Waals surface area contributed by atoms with Crippen LogP contribution in [0.2, 0.25) is 0 Å². The summed E-state index contributed by atoms with van der Waals surface area (Å²) in [4.78, 5) is 46.5. The summed E-state index contributed by atoms with van der Waals surface area (Å²) in [5.41, 5.74) is 3.39. The second-order valence-corrected chi connectivity index (χ2v) is 8.86. The summed E-state index contributed by atoms with van der Waals surface area (Å²) in [6.45, 7) is 3.72. The Balaban J connectivity index is 0.000000548. The van der Waals surface area contributed by atoms with Crippen molar-refractivity contribution in [2.24, 2.45) is 0 Å². The first-order valence-corrected chi connectivity index (χ1v) is 12.1. The first-order valence-electron chi connectivity index (χ1n) is 12.1. The van der Waals surface area contributed by atoms with Crippen molar-refractivity contribution in [2.45, 2.75) is 50.7 Å². The van der Waals surface area contributed by atoms with E-state index in [1.165, 1.54) is 0 Å². The van der Waals surface area contributed by atoms with Gasteiger partial charge in [0, 0.05) is 23.0 Å². The average Bonchev–Trinajstić information content (AvgIpc) is 2.93. The van der Waals surface area contributed by atoms with Crippen LogP contribution in [0.1, 0.15) is 40.9 Å². The number of rotatable bonds is 7. The second kappa shape index (κ2) is 16.3. The maximum Gasteiger partial charge on any atom is 0.490 e. The molecule has 1 aromatic heterocycles. The normalized spacial score (nSPS) is 14.0. The monoisotopic (exact) mass is 626 g/mol. The molecule has 0 bridgehead atoms. The molecule has 1 aliphatic rings. The number of carbonyl (C=O) groups is 4. The quantitative estimate of drug-likeness (QED) is 0.152. The minimum absolute atomic E-state index is 0.0303. The lowest BCUT2D eigenvalue weighted by atomic mass is 9.84. The molecule has 1 aromatic carbocycles. The highest BCUT2D eigenvalue weighted by atomic mass is 19.4. The summed E-state index contributed by atoms with van der Waals surface area (Å²) in [6, 6.07) is 10.7. The first-order chi connectivity index (χ1) is 19.9. The maximum atomic E-state index is 12.7. The summed E-state index contributed by atoms with van der Waals surface area (Å²) >= 11 is 0. The Morgan fingerprint density at radius 2 is 1.47 bits per heavy atom. The molecular formula is C25H28F6N4O8. The topological polar surface area (TPSA) is 187 Å². The predicted molar refractivity (Wildman–Crippen MR) is 134 cm³/mol. The van der Waals surface area contributed by atoms with Gasteiger partial charge in [-0.1, -0.05) is 6.07 Å². The van der Waals surface area contributed by atoms with E-state index in [0.717, 1.165) is 11.3 Å². The van der Waals surface area contributed by atoms with Crippen LogP contribution >= 0.6 is 0 Å². The molecule has 0 spiro atoms. The Hall–Kier alpha value is -4.45. The van der Waals surface area contributed by atoms with Crippen LogP contribution in [0.25, 0.3) is 0 Å². The lowest BCUT2D eigenvalue weighted by Crippen LogP contribution is -2.56. The summed E-state index contributed by atoms with van der Waals surface area (Å²) in [5.74, 6) is -5.63. The zero-order valence-electron chi connectivity index (χ0n) is 22.4. The minimum Gasteiger partial charge on any atom is -0.489 e. The number of aryl methyl sites for hydroxylation is 1. The molecule has 1 saturated heterocycles. The molecule has 43 heavy (non-hydrogen) atoms. The minimum atomic E-state index is -5.08. The van der Waals surface area contributed by atoms with Gasteiger partial charge in [-0.05, 0) is 63.2 Å². The fourth-order valence-corrected chi connectivity index (χ4v) is 3.44. The number of nitrogens with one attached hydrogen (secondary N) is 3. The Bertz CT molecular complexity index is 1210. The third-order valence-electron chi connectivity index (χ3n) is 5.68. The van der Waals surface area contributed by atoms with Crippen molar-refractivity contribution in [2.75, 3.05) is 13.1 Å². The van der Waals surface area contributed by atoms with Crippen molar-refractivity contribution in [1.82, 2.24) is 21.1 Å². The number of hydroxylamine groups is 1. The molecule has 0 saturated carbocycles. The number of alkyl halides is 6. The van der Waals surface area contributed by atoms with Gasteiger partial charge in [0.2, 0.25) is 5.91 Å². The largest absolute Gasteiger partial charge is 0.490 e. The van der Waals surface area contributed by atoms with Crippen LogP contribution in [0.3, 0.4) is 0 Å². The van der Waals surface area contributed by atoms with E-state index in [1.807, 2.05) is 19.1 Å². The van der Waals surface area contributed by atoms with Gasteiger partial charge in [-0.3, -0.25) is 19.8 Å². The van der Waals surface area contributed by atoms with E-state index in [9.17, 15) is 35.9 Å². The molecule has 1 aliphatic heterocycles. The third-order valence-corrected chi connectivity index (χ3v) is 5.68. The molecule has 6 N–H and O–H groups in total. The van der Waals surface area contributed by atoms with Crippen LogP contribution in [0.4, 0.5) is 26.3 Å². The van der Waals surface area contributed by atoms with Crippen LogP contribution in [0.15, 0.2) is 42.6 Å². The number of carboxylic acid groups (broad SMARTS) is 2. The van der Waals surface area contributed by atoms with Crippen molar-refractivity contribution in [1.29, 1.82) is 0 Å². The van der Waals surface area contributed by atoms with E-state index in [-0.39, 0.29) is 12.3 Å². The molecule has 0 aliphatic carbocycles. The molecule has 0 unspecified atom stereocenters. The summed E-state index contributed by atoms with van der Waals surface area (Å²) in [7, 11) is 0. The number of aliphatic carboxylic acids is 2. The lowest BCUT2D eigenvalue weighted by molar-refractivity contribution is -0.193. The molecule has 0 radical (unpaired) electrons. The van der Waals surface area contributed by atoms with Crippen molar-refractivity contribution >= 4 is 23.8 Å². The van der Waals surface area contributed by atoms with Gasteiger partial charge in [0.15, 0.2) is 0 Å². The Labute approximate surface area is 240 Å². The van der Waals surface area contributed by atoms with Crippen molar-refractivity contribution in [3.05, 3.63) is 59.4 Å². The molecule has 0 atom stereocenters. The standard InChI is InChI=1S/C21H26N4O4.2C2HF3O2/c1-15-17(3-2-10-23-15)14-29-18-6-4-16(5-7-18)20(27)24-21(13-19(26)25-28)8-11-22-12-9-21;2*3-2(4,5)1(6)7/h2-7,10,22,28H,8-9,11-14H2,1H3,(H,24,27)(H,25,26);2*(H,6,7). The van der Waals surface area contributed by atoms with Gasteiger partial charge in [0.1, 0.15) is 12.4 Å². The van der Waals surface area contributed by atoms with Gasteiger partial charge < -0.3 is 25.6 Å². The smallest absolute Gasteiger partial charge is 0.489 e. The number of aromatic nitrogens is 1. The van der Waals surface area contributed by atoms with E-state index in [1.54, 1.807) is 35.9 Å². The van der Waals surface area contributed by atoms with Gasteiger partial charge in [-0.25, -0.2) is 15.1 Å². The maximum absolute atomic E-state index is 12.7. The summed E-state index contributed by atoms with van der Waals surface area (Å²) in [5, 5.41) is 29.3. The van der Waals surface area contributed by atoms with E-state index in [4.69, 9.17) is 29.7 Å². The average molecular weight is 627 g/mol. The molecule has 238 valence electrons. The first kappa shape index (κ1) is 36.6. The number of benzene rings is 1. The SMILES string of the molecule is Cc1ncccc1COc1ccc(C(=O)NC2(CC(=O)NO)CCNCC2)cc1.O=C(O)C(F)(F)F.O=C(O)C(F)(F)F. The number of pyridine rings is 1. The summed E-state index contributed by atoms with van der Waals surface area (Å²) < 4.78 is 69.3. The molecule has 3 rings (SSSR count). The molecule has 1 fully saturated rings. The molecular weight excluding hydrogens is 598 g/mol.